The first kappa shape index (κ1) is 20.1. The molecule has 0 spiro atoms. The van der Waals surface area contributed by atoms with Crippen molar-refractivity contribution in [3.8, 4) is 0 Å². The largest absolute Gasteiger partial charge is 0.393 e. The Morgan fingerprint density at radius 2 is 2.08 bits per heavy atom. The molecule has 0 aromatic carbocycles. The zero-order valence-corrected chi connectivity index (χ0v) is 15.1. The maximum absolute atomic E-state index is 11.1. The van der Waals surface area contributed by atoms with Crippen LogP contribution in [0.2, 0.25) is 0 Å². The monoisotopic (exact) mass is 336 g/mol. The lowest BCUT2D eigenvalue weighted by Gasteiger charge is -2.21. The van der Waals surface area contributed by atoms with Crippen LogP contribution >= 0.6 is 0 Å². The third kappa shape index (κ3) is 3.57. The molecule has 1 saturated heterocycles. The van der Waals surface area contributed by atoms with Crippen LogP contribution in [0.4, 0.5) is 5.82 Å². The zero-order chi connectivity index (χ0) is 18.3. The average Bonchev–Trinajstić information content (AvgIpc) is 3.21. The highest BCUT2D eigenvalue weighted by molar-refractivity contribution is 5.89. The van der Waals surface area contributed by atoms with Crippen LogP contribution in [0.15, 0.2) is 12.5 Å². The van der Waals surface area contributed by atoms with Crippen molar-refractivity contribution >= 4 is 23.1 Å². The first-order chi connectivity index (χ1) is 11.6. The molecule has 7 nitrogen and oxygen atoms in total. The van der Waals surface area contributed by atoms with E-state index in [9.17, 15) is 9.90 Å². The summed E-state index contributed by atoms with van der Waals surface area (Å²) in [6.45, 7) is 9.61. The van der Waals surface area contributed by atoms with E-state index < -0.39 is 5.60 Å². The summed E-state index contributed by atoms with van der Waals surface area (Å²) in [7, 11) is 0. The van der Waals surface area contributed by atoms with Gasteiger partial charge in [-0.1, -0.05) is 27.7 Å². The van der Waals surface area contributed by atoms with Gasteiger partial charge in [0.25, 0.3) is 0 Å². The van der Waals surface area contributed by atoms with Crippen LogP contribution in [0.5, 0.6) is 0 Å². The second-order valence-electron chi connectivity index (χ2n) is 5.13. The van der Waals surface area contributed by atoms with Gasteiger partial charge < -0.3 is 24.9 Å². The van der Waals surface area contributed by atoms with Gasteiger partial charge in [0.2, 0.25) is 0 Å². The Bertz CT molecular complexity index is 671. The molecule has 1 fully saturated rings. The third-order valence-corrected chi connectivity index (χ3v) is 3.81. The Morgan fingerprint density at radius 3 is 2.62 bits per heavy atom. The highest BCUT2D eigenvalue weighted by atomic mass is 16.5. The number of fused-ring (bicyclic) bond motifs is 1. The van der Waals surface area contributed by atoms with Gasteiger partial charge in [0.05, 0.1) is 12.0 Å². The van der Waals surface area contributed by atoms with Crippen molar-refractivity contribution in [3.05, 3.63) is 18.1 Å². The Morgan fingerprint density at radius 1 is 1.42 bits per heavy atom. The van der Waals surface area contributed by atoms with E-state index in [1.807, 2.05) is 45.4 Å². The van der Waals surface area contributed by atoms with Crippen LogP contribution in [0.25, 0.3) is 11.0 Å². The summed E-state index contributed by atoms with van der Waals surface area (Å²) in [5, 5.41) is 10.1. The number of aromatic nitrogens is 3. The molecule has 1 aliphatic rings. The van der Waals surface area contributed by atoms with Crippen molar-refractivity contribution in [3.63, 3.8) is 0 Å². The fourth-order valence-electron chi connectivity index (χ4n) is 2.71. The number of hydrogen-bond donors (Lipinski definition) is 2. The van der Waals surface area contributed by atoms with Gasteiger partial charge in [-0.2, -0.15) is 0 Å². The second-order valence-corrected chi connectivity index (χ2v) is 5.13. The molecule has 0 radical (unpaired) electrons. The minimum absolute atomic E-state index is 0.317. The van der Waals surface area contributed by atoms with Crippen LogP contribution < -0.4 is 5.73 Å². The van der Waals surface area contributed by atoms with E-state index in [4.69, 9.17) is 10.5 Å². The van der Waals surface area contributed by atoms with Crippen molar-refractivity contribution < 1.29 is 14.6 Å². The molecule has 0 saturated carbocycles. The Kier molecular flexibility index (Phi) is 7.31. The predicted octanol–water partition coefficient (Wildman–Crippen LogP) is 2.61. The van der Waals surface area contributed by atoms with Gasteiger partial charge in [-0.3, -0.25) is 0 Å². The average molecular weight is 336 g/mol. The van der Waals surface area contributed by atoms with E-state index in [1.54, 1.807) is 0 Å². The summed E-state index contributed by atoms with van der Waals surface area (Å²) in [6, 6.07) is 0. The summed E-state index contributed by atoms with van der Waals surface area (Å²) in [6.07, 6.45) is 4.75. The number of aliphatic hydroxyl groups excluding tert-OH is 1. The summed E-state index contributed by atoms with van der Waals surface area (Å²) in [4.78, 5) is 19.4. The van der Waals surface area contributed by atoms with Crippen LogP contribution in [0, 0.1) is 6.92 Å². The van der Waals surface area contributed by atoms with Crippen molar-refractivity contribution in [1.82, 2.24) is 14.5 Å². The Hall–Kier alpha value is -1.99. The standard InChI is InChI=1S/C13H16N4O3.2C2H6/c1-8-4-17(12-10(8)11(14)15-7-16-12)9-2-3-13(5-18,6-19)20-9;2*1-2/h4-5,7,9,19H,2-3,6H2,1H3,(H2,14,15,16);2*1-2H3/t9?,13-;;/m1../s1. The number of anilines is 1. The SMILES string of the molecule is CC.CC.Cc1cn(C2CC[C@@](C=O)(CO)O2)c2ncnc(N)c12. The number of nitrogen functional groups attached to an aromatic ring is 1. The molecule has 3 N–H and O–H groups in total. The number of aryl methyl sites for hydroxylation is 1. The molecule has 0 amide bonds. The molecule has 1 aliphatic heterocycles. The molecule has 2 aromatic heterocycles. The fraction of sp³-hybridized carbons (Fsp3) is 0.588. The Labute approximate surface area is 142 Å². The molecule has 24 heavy (non-hydrogen) atoms. The number of hydrogen-bond acceptors (Lipinski definition) is 6. The number of carbonyl (C=O) groups excluding carboxylic acids is 1. The summed E-state index contributed by atoms with van der Waals surface area (Å²) >= 11 is 0. The lowest BCUT2D eigenvalue weighted by Crippen LogP contribution is -2.34. The van der Waals surface area contributed by atoms with Crippen molar-refractivity contribution in [2.24, 2.45) is 0 Å². The second kappa shape index (κ2) is 8.75. The van der Waals surface area contributed by atoms with E-state index >= 15 is 0 Å². The van der Waals surface area contributed by atoms with Gasteiger partial charge in [-0.25, -0.2) is 9.97 Å². The minimum atomic E-state index is -1.10. The molecule has 134 valence electrons. The molecule has 7 heteroatoms. The molecule has 2 atom stereocenters. The summed E-state index contributed by atoms with van der Waals surface area (Å²) in [5.41, 5.74) is 6.40. The van der Waals surface area contributed by atoms with Gasteiger partial charge in [-0.05, 0) is 25.3 Å². The van der Waals surface area contributed by atoms with Crippen molar-refractivity contribution in [2.45, 2.75) is 59.3 Å². The topological polar surface area (TPSA) is 103 Å². The molecule has 1 unspecified atom stereocenters. The maximum atomic E-state index is 11.1. The van der Waals surface area contributed by atoms with Crippen molar-refractivity contribution in [1.29, 1.82) is 0 Å². The number of rotatable bonds is 3. The van der Waals surface area contributed by atoms with E-state index in [2.05, 4.69) is 9.97 Å². The fourth-order valence-corrected chi connectivity index (χ4v) is 2.71. The van der Waals surface area contributed by atoms with E-state index in [0.29, 0.717) is 30.6 Å². The smallest absolute Gasteiger partial charge is 0.154 e. The first-order valence-corrected chi connectivity index (χ1v) is 8.43. The van der Waals surface area contributed by atoms with E-state index in [1.165, 1.54) is 6.33 Å². The number of nitrogens with zero attached hydrogens (tertiary/aromatic N) is 3. The van der Waals surface area contributed by atoms with Gasteiger partial charge >= 0.3 is 0 Å². The van der Waals surface area contributed by atoms with Crippen LogP contribution in [0.3, 0.4) is 0 Å². The number of aldehydes is 1. The molecule has 0 aliphatic carbocycles. The Balaban J connectivity index is 0.000000671. The zero-order valence-electron chi connectivity index (χ0n) is 15.1. The molecular weight excluding hydrogens is 308 g/mol. The van der Waals surface area contributed by atoms with E-state index in [0.717, 1.165) is 10.9 Å². The quantitative estimate of drug-likeness (QED) is 0.835. The van der Waals surface area contributed by atoms with Gasteiger partial charge in [0.15, 0.2) is 6.29 Å². The van der Waals surface area contributed by atoms with Gasteiger partial charge in [0.1, 0.15) is 29.6 Å². The highest BCUT2D eigenvalue weighted by Gasteiger charge is 2.41. The van der Waals surface area contributed by atoms with E-state index in [-0.39, 0.29) is 12.8 Å². The minimum Gasteiger partial charge on any atom is -0.393 e. The highest BCUT2D eigenvalue weighted by Crippen LogP contribution is 2.37. The maximum Gasteiger partial charge on any atom is 0.154 e. The number of carbonyl (C=O) groups is 1. The molecule has 3 heterocycles. The molecule has 0 bridgehead atoms. The molecular formula is C17H28N4O3. The lowest BCUT2D eigenvalue weighted by atomic mass is 10.0. The third-order valence-electron chi connectivity index (χ3n) is 3.81. The molecule has 2 aromatic rings. The lowest BCUT2D eigenvalue weighted by molar-refractivity contribution is -0.140. The van der Waals surface area contributed by atoms with Crippen LogP contribution in [-0.4, -0.2) is 38.1 Å². The van der Waals surface area contributed by atoms with Gasteiger partial charge in [0, 0.05) is 6.20 Å². The number of ether oxygens (including phenoxy) is 1. The number of nitrogens with two attached hydrogens (primary N) is 1. The first-order valence-electron chi connectivity index (χ1n) is 8.43. The summed E-state index contributed by atoms with van der Waals surface area (Å²) in [5.74, 6) is 0.424. The van der Waals surface area contributed by atoms with Crippen LogP contribution in [-0.2, 0) is 9.53 Å². The predicted molar refractivity (Wildman–Crippen MR) is 94.6 cm³/mol. The van der Waals surface area contributed by atoms with Crippen molar-refractivity contribution in [2.75, 3.05) is 12.3 Å². The van der Waals surface area contributed by atoms with Gasteiger partial charge in [-0.15, -0.1) is 0 Å². The summed E-state index contributed by atoms with van der Waals surface area (Å²) < 4.78 is 7.59. The normalized spacial score (nSPS) is 22.3. The molecule has 3 rings (SSSR count). The number of aliphatic hydroxyl groups is 1. The van der Waals surface area contributed by atoms with Crippen LogP contribution in [0.1, 0.15) is 52.3 Å².